The minimum atomic E-state index is 0.585. The zero-order valence-electron chi connectivity index (χ0n) is 9.34. The number of rotatable bonds is 5. The second-order valence-corrected chi connectivity index (χ2v) is 4.21. The van der Waals surface area contributed by atoms with Gasteiger partial charge < -0.3 is 5.32 Å². The lowest BCUT2D eigenvalue weighted by atomic mass is 10.3. The monoisotopic (exact) mass is 238 g/mol. The van der Waals surface area contributed by atoms with Crippen molar-refractivity contribution in [3.05, 3.63) is 18.0 Å². The average molecular weight is 238 g/mol. The molecule has 86 valence electrons. The lowest BCUT2D eigenvalue weighted by molar-refractivity contribution is 0.747. The van der Waals surface area contributed by atoms with Gasteiger partial charge in [-0.2, -0.15) is 9.47 Å². The van der Waals surface area contributed by atoms with E-state index in [-0.39, 0.29) is 0 Å². The topological polar surface area (TPSA) is 68.5 Å². The van der Waals surface area contributed by atoms with Gasteiger partial charge in [-0.3, -0.25) is 4.68 Å². The van der Waals surface area contributed by atoms with E-state index >= 15 is 0 Å². The largest absolute Gasteiger partial charge is 0.353 e. The van der Waals surface area contributed by atoms with Gasteiger partial charge in [0.25, 0.3) is 0 Å². The smallest absolute Gasteiger partial charge is 0.202 e. The fourth-order valence-corrected chi connectivity index (χ4v) is 1.88. The summed E-state index contributed by atoms with van der Waals surface area (Å²) in [6, 6.07) is 0. The Bertz CT molecular complexity index is 448. The molecule has 0 saturated heterocycles. The quantitative estimate of drug-likeness (QED) is 0.848. The molecule has 0 bridgehead atoms. The van der Waals surface area contributed by atoms with E-state index in [0.29, 0.717) is 6.54 Å². The lowest BCUT2D eigenvalue weighted by Crippen LogP contribution is -2.02. The van der Waals surface area contributed by atoms with E-state index in [1.54, 1.807) is 11.0 Å². The molecular formula is C9H14N6S. The third-order valence-electron chi connectivity index (χ3n) is 1.99. The standard InChI is InChI=1S/C9H14N6S/c1-3-4-7-12-9(16-14-7)10-5-8-11-6-15(2)13-8/h6H,3-5H2,1-2H3,(H,10,12,14). The predicted octanol–water partition coefficient (Wildman–Crippen LogP) is 1.23. The van der Waals surface area contributed by atoms with E-state index < -0.39 is 0 Å². The van der Waals surface area contributed by atoms with Crippen LogP contribution in [0.15, 0.2) is 6.33 Å². The highest BCUT2D eigenvalue weighted by Crippen LogP contribution is 2.12. The predicted molar refractivity (Wildman–Crippen MR) is 62.2 cm³/mol. The van der Waals surface area contributed by atoms with E-state index in [1.807, 2.05) is 7.05 Å². The van der Waals surface area contributed by atoms with Crippen LogP contribution in [0.1, 0.15) is 25.0 Å². The highest BCUT2D eigenvalue weighted by atomic mass is 32.1. The van der Waals surface area contributed by atoms with Crippen molar-refractivity contribution in [3.63, 3.8) is 0 Å². The van der Waals surface area contributed by atoms with Crippen LogP contribution >= 0.6 is 11.5 Å². The molecule has 6 nitrogen and oxygen atoms in total. The summed E-state index contributed by atoms with van der Waals surface area (Å²) >= 11 is 1.38. The van der Waals surface area contributed by atoms with Crippen molar-refractivity contribution in [2.24, 2.45) is 7.05 Å². The van der Waals surface area contributed by atoms with Gasteiger partial charge in [-0.05, 0) is 6.42 Å². The number of anilines is 1. The number of aromatic nitrogens is 5. The fraction of sp³-hybridized carbons (Fsp3) is 0.556. The summed E-state index contributed by atoms with van der Waals surface area (Å²) < 4.78 is 5.93. The van der Waals surface area contributed by atoms with Gasteiger partial charge in [0, 0.05) is 25.0 Å². The number of nitrogens with one attached hydrogen (secondary N) is 1. The van der Waals surface area contributed by atoms with Gasteiger partial charge in [0.15, 0.2) is 5.82 Å². The fourth-order valence-electron chi connectivity index (χ4n) is 1.27. The first-order valence-electron chi connectivity index (χ1n) is 5.19. The summed E-state index contributed by atoms with van der Waals surface area (Å²) in [5.74, 6) is 1.67. The summed E-state index contributed by atoms with van der Waals surface area (Å²) in [7, 11) is 1.85. The maximum Gasteiger partial charge on any atom is 0.202 e. The van der Waals surface area contributed by atoms with Crippen LogP contribution in [-0.2, 0) is 20.0 Å². The first-order chi connectivity index (χ1) is 7.78. The molecule has 2 aromatic heterocycles. The Morgan fingerprint density at radius 1 is 1.44 bits per heavy atom. The Labute approximate surface area is 97.9 Å². The number of hydrogen-bond acceptors (Lipinski definition) is 6. The molecule has 2 heterocycles. The van der Waals surface area contributed by atoms with Crippen molar-refractivity contribution < 1.29 is 0 Å². The highest BCUT2D eigenvalue weighted by molar-refractivity contribution is 7.09. The van der Waals surface area contributed by atoms with Crippen LogP contribution in [0.2, 0.25) is 0 Å². The van der Waals surface area contributed by atoms with Crippen LogP contribution in [0.4, 0.5) is 5.13 Å². The minimum Gasteiger partial charge on any atom is -0.353 e. The normalized spacial score (nSPS) is 10.6. The van der Waals surface area contributed by atoms with Crippen molar-refractivity contribution in [1.29, 1.82) is 0 Å². The van der Waals surface area contributed by atoms with Gasteiger partial charge in [-0.25, -0.2) is 9.97 Å². The molecule has 0 aromatic carbocycles. The molecule has 2 rings (SSSR count). The zero-order chi connectivity index (χ0) is 11.4. The van der Waals surface area contributed by atoms with Crippen molar-refractivity contribution in [3.8, 4) is 0 Å². The molecule has 0 spiro atoms. The van der Waals surface area contributed by atoms with Crippen molar-refractivity contribution in [1.82, 2.24) is 24.1 Å². The Hall–Kier alpha value is -1.50. The maximum absolute atomic E-state index is 4.36. The summed E-state index contributed by atoms with van der Waals surface area (Å²) in [6.45, 7) is 2.70. The van der Waals surface area contributed by atoms with E-state index in [9.17, 15) is 0 Å². The molecule has 0 unspecified atom stereocenters. The molecule has 0 aliphatic heterocycles. The van der Waals surface area contributed by atoms with Crippen LogP contribution < -0.4 is 5.32 Å². The Balaban J connectivity index is 1.89. The van der Waals surface area contributed by atoms with Crippen LogP contribution in [0.3, 0.4) is 0 Å². The van der Waals surface area contributed by atoms with Crippen molar-refractivity contribution in [2.75, 3.05) is 5.32 Å². The molecule has 1 N–H and O–H groups in total. The molecule has 0 atom stereocenters. The molecule has 0 amide bonds. The molecule has 0 aliphatic carbocycles. The highest BCUT2D eigenvalue weighted by Gasteiger charge is 2.04. The molecule has 16 heavy (non-hydrogen) atoms. The van der Waals surface area contributed by atoms with Crippen LogP contribution in [0.25, 0.3) is 0 Å². The summed E-state index contributed by atoms with van der Waals surface area (Å²) in [4.78, 5) is 8.48. The molecular weight excluding hydrogens is 224 g/mol. The number of hydrogen-bond donors (Lipinski definition) is 1. The summed E-state index contributed by atoms with van der Waals surface area (Å²) in [5.41, 5.74) is 0. The van der Waals surface area contributed by atoms with E-state index in [2.05, 4.69) is 31.7 Å². The van der Waals surface area contributed by atoms with Gasteiger partial charge in [0.2, 0.25) is 5.13 Å². The minimum absolute atomic E-state index is 0.585. The van der Waals surface area contributed by atoms with Crippen molar-refractivity contribution in [2.45, 2.75) is 26.3 Å². The third-order valence-corrected chi connectivity index (χ3v) is 2.70. The second kappa shape index (κ2) is 5.02. The SMILES string of the molecule is CCCc1nsc(NCc2ncn(C)n2)n1. The Morgan fingerprint density at radius 3 is 3.00 bits per heavy atom. The Kier molecular flexibility index (Phi) is 3.45. The molecule has 0 radical (unpaired) electrons. The zero-order valence-corrected chi connectivity index (χ0v) is 10.2. The second-order valence-electron chi connectivity index (χ2n) is 3.45. The van der Waals surface area contributed by atoms with Crippen LogP contribution in [0.5, 0.6) is 0 Å². The van der Waals surface area contributed by atoms with Crippen molar-refractivity contribution >= 4 is 16.7 Å². The van der Waals surface area contributed by atoms with Gasteiger partial charge in [0.1, 0.15) is 12.2 Å². The molecule has 0 aliphatic rings. The van der Waals surface area contributed by atoms with Gasteiger partial charge in [-0.1, -0.05) is 6.92 Å². The van der Waals surface area contributed by atoms with E-state index in [4.69, 9.17) is 0 Å². The summed E-state index contributed by atoms with van der Waals surface area (Å²) in [6.07, 6.45) is 3.68. The van der Waals surface area contributed by atoms with E-state index in [0.717, 1.165) is 29.6 Å². The molecule has 0 saturated carbocycles. The van der Waals surface area contributed by atoms with Gasteiger partial charge in [-0.15, -0.1) is 0 Å². The summed E-state index contributed by atoms with van der Waals surface area (Å²) in [5, 5.41) is 8.16. The van der Waals surface area contributed by atoms with Crippen LogP contribution in [-0.4, -0.2) is 24.1 Å². The first-order valence-corrected chi connectivity index (χ1v) is 5.96. The third kappa shape index (κ3) is 2.75. The average Bonchev–Trinajstić information content (AvgIpc) is 2.85. The number of aryl methyl sites for hydroxylation is 2. The van der Waals surface area contributed by atoms with Crippen LogP contribution in [0, 0.1) is 0 Å². The number of nitrogens with zero attached hydrogens (tertiary/aromatic N) is 5. The first kappa shape index (κ1) is 11.0. The van der Waals surface area contributed by atoms with Gasteiger partial charge in [0.05, 0.1) is 6.54 Å². The maximum atomic E-state index is 4.36. The lowest BCUT2D eigenvalue weighted by Gasteiger charge is -1.96. The molecule has 0 fully saturated rings. The molecule has 7 heteroatoms. The van der Waals surface area contributed by atoms with Gasteiger partial charge >= 0.3 is 0 Å². The van der Waals surface area contributed by atoms with E-state index in [1.165, 1.54) is 11.5 Å². The molecule has 2 aromatic rings. The Morgan fingerprint density at radius 2 is 2.31 bits per heavy atom.